The largest absolute Gasteiger partial charge is 0.409 e. The number of hydrogen-bond donors (Lipinski definition) is 3. The number of hydrogen-bond acceptors (Lipinski definition) is 5. The molecule has 2 rings (SSSR count). The molecule has 1 aliphatic rings. The second kappa shape index (κ2) is 5.03. The zero-order valence-electron chi connectivity index (χ0n) is 9.91. The maximum Gasteiger partial charge on any atom is 0.233 e. The fourth-order valence-electron chi connectivity index (χ4n) is 1.78. The first-order chi connectivity index (χ1) is 8.69. The van der Waals surface area contributed by atoms with E-state index in [4.69, 9.17) is 10.9 Å². The quantitative estimate of drug-likeness (QED) is 0.203. The molecule has 1 fully saturated rings. The molecular weight excluding hydrogens is 236 g/mol. The van der Waals surface area contributed by atoms with E-state index in [9.17, 15) is 4.79 Å². The minimum absolute atomic E-state index is 0.00345. The number of amidine groups is 1. The van der Waals surface area contributed by atoms with Gasteiger partial charge in [0.25, 0.3) is 0 Å². The summed E-state index contributed by atoms with van der Waals surface area (Å²) in [5.74, 6) is -0.173. The SMILES string of the molecule is N/C(=N/O)C1(C(=O)NCCCn2ccnn2)CC1. The zero-order valence-corrected chi connectivity index (χ0v) is 9.91. The normalized spacial score (nSPS) is 17.4. The first-order valence-electron chi connectivity index (χ1n) is 5.79. The van der Waals surface area contributed by atoms with E-state index in [1.807, 2.05) is 0 Å². The highest BCUT2D eigenvalue weighted by Gasteiger charge is 2.53. The van der Waals surface area contributed by atoms with E-state index in [0.717, 1.165) is 6.42 Å². The van der Waals surface area contributed by atoms with E-state index < -0.39 is 5.41 Å². The van der Waals surface area contributed by atoms with Crippen molar-refractivity contribution >= 4 is 11.7 Å². The fraction of sp³-hybridized carbons (Fsp3) is 0.600. The van der Waals surface area contributed by atoms with Crippen molar-refractivity contribution in [1.29, 1.82) is 0 Å². The molecular formula is C10H16N6O2. The second-order valence-corrected chi connectivity index (χ2v) is 4.34. The summed E-state index contributed by atoms with van der Waals surface area (Å²) in [5.41, 5.74) is 4.74. The van der Waals surface area contributed by atoms with Gasteiger partial charge in [-0.15, -0.1) is 5.10 Å². The highest BCUT2D eigenvalue weighted by atomic mass is 16.4. The molecule has 18 heavy (non-hydrogen) atoms. The average Bonchev–Trinajstić information content (AvgIpc) is 3.04. The van der Waals surface area contributed by atoms with Gasteiger partial charge in [0.2, 0.25) is 5.91 Å². The molecule has 0 aliphatic heterocycles. The summed E-state index contributed by atoms with van der Waals surface area (Å²) < 4.78 is 1.70. The highest BCUT2D eigenvalue weighted by Crippen LogP contribution is 2.45. The van der Waals surface area contributed by atoms with E-state index in [-0.39, 0.29) is 11.7 Å². The maximum absolute atomic E-state index is 11.9. The lowest BCUT2D eigenvalue weighted by Gasteiger charge is -2.13. The Morgan fingerprint density at radius 1 is 1.61 bits per heavy atom. The van der Waals surface area contributed by atoms with Crippen molar-refractivity contribution in [3.8, 4) is 0 Å². The summed E-state index contributed by atoms with van der Waals surface area (Å²) in [5, 5.41) is 21.8. The Morgan fingerprint density at radius 3 is 2.94 bits per heavy atom. The van der Waals surface area contributed by atoms with Gasteiger partial charge in [-0.3, -0.25) is 9.48 Å². The lowest BCUT2D eigenvalue weighted by molar-refractivity contribution is -0.124. The fourth-order valence-corrected chi connectivity index (χ4v) is 1.78. The second-order valence-electron chi connectivity index (χ2n) is 4.34. The van der Waals surface area contributed by atoms with Crippen LogP contribution in [0.5, 0.6) is 0 Å². The molecule has 0 unspecified atom stereocenters. The molecule has 1 heterocycles. The third-order valence-corrected chi connectivity index (χ3v) is 3.10. The van der Waals surface area contributed by atoms with Gasteiger partial charge in [0.15, 0.2) is 5.84 Å². The van der Waals surface area contributed by atoms with Crippen molar-refractivity contribution in [2.45, 2.75) is 25.8 Å². The van der Waals surface area contributed by atoms with Crippen LogP contribution in [-0.4, -0.2) is 38.5 Å². The predicted octanol–water partition coefficient (Wildman–Crippen LogP) is -0.689. The number of nitrogens with two attached hydrogens (primary N) is 1. The number of oxime groups is 1. The van der Waals surface area contributed by atoms with Crippen LogP contribution in [0.25, 0.3) is 0 Å². The Morgan fingerprint density at radius 2 is 2.39 bits per heavy atom. The van der Waals surface area contributed by atoms with Crippen molar-refractivity contribution in [2.75, 3.05) is 6.54 Å². The van der Waals surface area contributed by atoms with Gasteiger partial charge < -0.3 is 16.3 Å². The van der Waals surface area contributed by atoms with Crippen LogP contribution in [0.3, 0.4) is 0 Å². The van der Waals surface area contributed by atoms with Gasteiger partial charge in [-0.25, -0.2) is 0 Å². The Hall–Kier alpha value is -2.12. The summed E-state index contributed by atoms with van der Waals surface area (Å²) >= 11 is 0. The Labute approximate surface area is 104 Å². The summed E-state index contributed by atoms with van der Waals surface area (Å²) in [6, 6.07) is 0. The molecule has 8 heteroatoms. The van der Waals surface area contributed by atoms with Crippen LogP contribution in [0, 0.1) is 5.41 Å². The van der Waals surface area contributed by atoms with Gasteiger partial charge in [0, 0.05) is 19.3 Å². The van der Waals surface area contributed by atoms with Crippen LogP contribution < -0.4 is 11.1 Å². The smallest absolute Gasteiger partial charge is 0.233 e. The number of carbonyl (C=O) groups excluding carboxylic acids is 1. The van der Waals surface area contributed by atoms with Crippen LogP contribution >= 0.6 is 0 Å². The minimum atomic E-state index is -0.776. The molecule has 0 aromatic carbocycles. The molecule has 0 saturated heterocycles. The van der Waals surface area contributed by atoms with E-state index in [1.54, 1.807) is 17.1 Å². The number of amides is 1. The van der Waals surface area contributed by atoms with Crippen molar-refractivity contribution in [2.24, 2.45) is 16.3 Å². The molecule has 0 spiro atoms. The summed E-state index contributed by atoms with van der Waals surface area (Å²) in [6.07, 6.45) is 5.40. The Bertz CT molecular complexity index is 437. The molecule has 98 valence electrons. The van der Waals surface area contributed by atoms with Crippen molar-refractivity contribution in [3.05, 3.63) is 12.4 Å². The lowest BCUT2D eigenvalue weighted by Crippen LogP contribution is -2.41. The van der Waals surface area contributed by atoms with Crippen LogP contribution in [0.15, 0.2) is 17.5 Å². The number of carbonyl (C=O) groups is 1. The van der Waals surface area contributed by atoms with Crippen LogP contribution in [0.4, 0.5) is 0 Å². The predicted molar refractivity (Wildman–Crippen MR) is 62.7 cm³/mol. The molecule has 1 aromatic heterocycles. The minimum Gasteiger partial charge on any atom is -0.409 e. The van der Waals surface area contributed by atoms with E-state index in [0.29, 0.717) is 25.9 Å². The first kappa shape index (κ1) is 12.3. The summed E-state index contributed by atoms with van der Waals surface area (Å²) in [6.45, 7) is 1.22. The zero-order chi connectivity index (χ0) is 13.0. The third-order valence-electron chi connectivity index (χ3n) is 3.10. The van der Waals surface area contributed by atoms with Gasteiger partial charge in [-0.2, -0.15) is 0 Å². The molecule has 0 atom stereocenters. The highest BCUT2D eigenvalue weighted by molar-refractivity contribution is 6.09. The van der Waals surface area contributed by atoms with Crippen molar-refractivity contribution in [1.82, 2.24) is 20.3 Å². The molecule has 1 amide bonds. The standard InChI is InChI=1S/C10H16N6O2/c11-8(14-18)10(2-3-10)9(17)12-4-1-6-16-7-5-13-15-16/h5,7,18H,1-4,6H2,(H2,11,14)(H,12,17). The van der Waals surface area contributed by atoms with Gasteiger partial charge in [0.1, 0.15) is 5.41 Å². The van der Waals surface area contributed by atoms with Gasteiger partial charge in [0.05, 0.1) is 6.20 Å². The van der Waals surface area contributed by atoms with Gasteiger partial charge >= 0.3 is 0 Å². The number of rotatable bonds is 6. The lowest BCUT2D eigenvalue weighted by atomic mass is 10.1. The Kier molecular flexibility index (Phi) is 3.45. The number of aromatic nitrogens is 3. The molecule has 0 bridgehead atoms. The molecule has 0 radical (unpaired) electrons. The third kappa shape index (κ3) is 2.41. The van der Waals surface area contributed by atoms with E-state index >= 15 is 0 Å². The number of nitrogens with one attached hydrogen (secondary N) is 1. The van der Waals surface area contributed by atoms with Crippen molar-refractivity contribution in [3.63, 3.8) is 0 Å². The van der Waals surface area contributed by atoms with E-state index in [2.05, 4.69) is 20.8 Å². The monoisotopic (exact) mass is 252 g/mol. The topological polar surface area (TPSA) is 118 Å². The molecule has 4 N–H and O–H groups in total. The average molecular weight is 252 g/mol. The van der Waals surface area contributed by atoms with Crippen LogP contribution in [-0.2, 0) is 11.3 Å². The molecule has 8 nitrogen and oxygen atoms in total. The molecule has 1 aliphatic carbocycles. The first-order valence-corrected chi connectivity index (χ1v) is 5.79. The maximum atomic E-state index is 11.9. The summed E-state index contributed by atoms with van der Waals surface area (Å²) in [4.78, 5) is 11.9. The van der Waals surface area contributed by atoms with Gasteiger partial charge in [-0.05, 0) is 19.3 Å². The van der Waals surface area contributed by atoms with E-state index in [1.165, 1.54) is 0 Å². The number of nitrogens with zero attached hydrogens (tertiary/aromatic N) is 4. The Balaban J connectivity index is 1.73. The number of aryl methyl sites for hydroxylation is 1. The molecule has 1 saturated carbocycles. The van der Waals surface area contributed by atoms with Crippen molar-refractivity contribution < 1.29 is 10.0 Å². The van der Waals surface area contributed by atoms with Gasteiger partial charge in [-0.1, -0.05) is 10.4 Å². The van der Waals surface area contributed by atoms with Crippen LogP contribution in [0.2, 0.25) is 0 Å². The van der Waals surface area contributed by atoms with Crippen LogP contribution in [0.1, 0.15) is 19.3 Å². The molecule has 1 aromatic rings. The summed E-state index contributed by atoms with van der Waals surface area (Å²) in [7, 11) is 0.